The Kier molecular flexibility index (Phi) is 5.17. The van der Waals surface area contributed by atoms with E-state index in [2.05, 4.69) is 20.8 Å². The molecule has 0 bridgehead atoms. The van der Waals surface area contributed by atoms with Crippen LogP contribution in [-0.4, -0.2) is 33.4 Å². The van der Waals surface area contributed by atoms with E-state index >= 15 is 0 Å². The highest BCUT2D eigenvalue weighted by molar-refractivity contribution is 5.74. The molecule has 1 aromatic rings. The summed E-state index contributed by atoms with van der Waals surface area (Å²) in [6.45, 7) is 3.92. The van der Waals surface area contributed by atoms with Gasteiger partial charge in [0.15, 0.2) is 5.82 Å². The average Bonchev–Trinajstić information content (AvgIpc) is 2.90. The van der Waals surface area contributed by atoms with Crippen LogP contribution in [0.2, 0.25) is 0 Å². The van der Waals surface area contributed by atoms with E-state index in [4.69, 9.17) is 4.52 Å². The van der Waals surface area contributed by atoms with Crippen LogP contribution in [0.5, 0.6) is 0 Å². The number of hydrogen-bond acceptors (Lipinski definition) is 5. The first-order chi connectivity index (χ1) is 10.0. The maximum absolute atomic E-state index is 12.0. The zero-order chi connectivity index (χ0) is 15.3. The second kappa shape index (κ2) is 6.89. The number of nitrogens with one attached hydrogen (secondary N) is 2. The summed E-state index contributed by atoms with van der Waals surface area (Å²) in [5.74, 6) is 0.948. The van der Waals surface area contributed by atoms with E-state index in [9.17, 15) is 9.90 Å². The fraction of sp³-hybridized carbons (Fsp3) is 0.786. The minimum atomic E-state index is -0.764. The highest BCUT2D eigenvalue weighted by atomic mass is 16.5. The van der Waals surface area contributed by atoms with Gasteiger partial charge >= 0.3 is 6.03 Å². The number of urea groups is 1. The van der Waals surface area contributed by atoms with Crippen molar-refractivity contribution in [1.82, 2.24) is 20.8 Å². The van der Waals surface area contributed by atoms with Gasteiger partial charge in [-0.1, -0.05) is 31.3 Å². The van der Waals surface area contributed by atoms with E-state index < -0.39 is 5.60 Å². The molecule has 1 aliphatic rings. The number of carbonyl (C=O) groups excluding carboxylic acids is 1. The zero-order valence-electron chi connectivity index (χ0n) is 12.7. The highest BCUT2D eigenvalue weighted by Crippen LogP contribution is 2.27. The van der Waals surface area contributed by atoms with Gasteiger partial charge in [-0.25, -0.2) is 4.79 Å². The van der Waals surface area contributed by atoms with Crippen molar-refractivity contribution < 1.29 is 14.4 Å². The normalized spacial score (nSPS) is 19.0. The third-order valence-corrected chi connectivity index (χ3v) is 3.93. The molecule has 21 heavy (non-hydrogen) atoms. The van der Waals surface area contributed by atoms with Crippen molar-refractivity contribution in [3.8, 4) is 0 Å². The van der Waals surface area contributed by atoms with Gasteiger partial charge in [0.1, 0.15) is 0 Å². The molecule has 1 aromatic heterocycles. The molecule has 0 aliphatic heterocycles. The van der Waals surface area contributed by atoms with E-state index in [0.29, 0.717) is 18.1 Å². The van der Waals surface area contributed by atoms with Gasteiger partial charge in [-0.05, 0) is 19.3 Å². The van der Waals surface area contributed by atoms with Gasteiger partial charge in [-0.2, -0.15) is 4.98 Å². The molecule has 1 aliphatic carbocycles. The summed E-state index contributed by atoms with van der Waals surface area (Å²) in [7, 11) is 0. The molecular formula is C14H24N4O3. The maximum atomic E-state index is 12.0. The van der Waals surface area contributed by atoms with Gasteiger partial charge in [-0.3, -0.25) is 0 Å². The number of carbonyl (C=O) groups is 1. The smallest absolute Gasteiger partial charge is 0.315 e. The number of aliphatic hydroxyl groups is 1. The van der Waals surface area contributed by atoms with Gasteiger partial charge in [0, 0.05) is 13.5 Å². The summed E-state index contributed by atoms with van der Waals surface area (Å²) >= 11 is 0. The SMILES string of the molecule is CCC(NC(=O)NCC1(O)CCCCC1)c1noc(C)n1. The fourth-order valence-electron chi connectivity index (χ4n) is 2.65. The summed E-state index contributed by atoms with van der Waals surface area (Å²) in [6.07, 6.45) is 5.34. The molecule has 1 unspecified atom stereocenters. The van der Waals surface area contributed by atoms with Gasteiger partial charge in [0.05, 0.1) is 11.6 Å². The standard InChI is InChI=1S/C14H24N4O3/c1-3-11(12-16-10(2)21-18-12)17-13(19)15-9-14(20)7-5-4-6-8-14/h11,20H,3-9H2,1-2H3,(H2,15,17,19). The van der Waals surface area contributed by atoms with Crippen molar-refractivity contribution >= 4 is 6.03 Å². The monoisotopic (exact) mass is 296 g/mol. The van der Waals surface area contributed by atoms with E-state index in [1.807, 2.05) is 6.92 Å². The van der Waals surface area contributed by atoms with Crippen molar-refractivity contribution in [1.29, 1.82) is 0 Å². The van der Waals surface area contributed by atoms with Crippen molar-refractivity contribution in [3.05, 3.63) is 11.7 Å². The van der Waals surface area contributed by atoms with Crippen LogP contribution >= 0.6 is 0 Å². The summed E-state index contributed by atoms with van der Waals surface area (Å²) < 4.78 is 4.93. The Labute approximate surface area is 124 Å². The molecule has 1 saturated carbocycles. The molecule has 0 spiro atoms. The predicted molar refractivity (Wildman–Crippen MR) is 76.6 cm³/mol. The van der Waals surface area contributed by atoms with Gasteiger partial charge in [0.25, 0.3) is 0 Å². The molecular weight excluding hydrogens is 272 g/mol. The minimum absolute atomic E-state index is 0.278. The fourth-order valence-corrected chi connectivity index (χ4v) is 2.65. The summed E-state index contributed by atoms with van der Waals surface area (Å²) in [5, 5.41) is 19.7. The van der Waals surface area contributed by atoms with Crippen LogP contribution < -0.4 is 10.6 Å². The lowest BCUT2D eigenvalue weighted by molar-refractivity contribution is 0.00711. The molecule has 7 heteroatoms. The van der Waals surface area contributed by atoms with Crippen LogP contribution in [0.25, 0.3) is 0 Å². The first-order valence-corrected chi connectivity index (χ1v) is 7.59. The van der Waals surface area contributed by atoms with E-state index in [1.54, 1.807) is 6.92 Å². The van der Waals surface area contributed by atoms with Crippen LogP contribution in [0.4, 0.5) is 4.79 Å². The molecule has 118 valence electrons. The molecule has 2 rings (SSSR count). The Morgan fingerprint density at radius 2 is 2.14 bits per heavy atom. The Morgan fingerprint density at radius 1 is 1.43 bits per heavy atom. The molecule has 1 heterocycles. The molecule has 1 fully saturated rings. The second-order valence-corrected chi connectivity index (χ2v) is 5.74. The first kappa shape index (κ1) is 15.8. The third-order valence-electron chi connectivity index (χ3n) is 3.93. The van der Waals surface area contributed by atoms with Crippen LogP contribution in [0.3, 0.4) is 0 Å². The zero-order valence-corrected chi connectivity index (χ0v) is 12.7. The summed E-state index contributed by atoms with van der Waals surface area (Å²) in [5.41, 5.74) is -0.764. The van der Waals surface area contributed by atoms with Gasteiger partial charge in [0.2, 0.25) is 5.89 Å². The van der Waals surface area contributed by atoms with E-state index in [-0.39, 0.29) is 18.6 Å². The number of aryl methyl sites for hydroxylation is 1. The molecule has 1 atom stereocenters. The first-order valence-electron chi connectivity index (χ1n) is 7.59. The number of amides is 2. The molecule has 2 amide bonds. The maximum Gasteiger partial charge on any atom is 0.315 e. The van der Waals surface area contributed by atoms with Crippen molar-refractivity contribution in [3.63, 3.8) is 0 Å². The Bertz CT molecular complexity index is 469. The lowest BCUT2D eigenvalue weighted by atomic mass is 9.85. The minimum Gasteiger partial charge on any atom is -0.388 e. The summed E-state index contributed by atoms with van der Waals surface area (Å²) in [4.78, 5) is 16.1. The van der Waals surface area contributed by atoms with Gasteiger partial charge < -0.3 is 20.3 Å². The number of rotatable bonds is 5. The quantitative estimate of drug-likeness (QED) is 0.769. The highest BCUT2D eigenvalue weighted by Gasteiger charge is 2.29. The largest absolute Gasteiger partial charge is 0.388 e. The van der Waals surface area contributed by atoms with Gasteiger partial charge in [-0.15, -0.1) is 0 Å². The molecule has 3 N–H and O–H groups in total. The van der Waals surface area contributed by atoms with E-state index in [0.717, 1.165) is 32.1 Å². The third kappa shape index (κ3) is 4.42. The topological polar surface area (TPSA) is 100 Å². The van der Waals surface area contributed by atoms with Crippen LogP contribution in [0.1, 0.15) is 63.2 Å². The van der Waals surface area contributed by atoms with Crippen LogP contribution in [0, 0.1) is 6.92 Å². The van der Waals surface area contributed by atoms with Crippen molar-refractivity contribution in [2.45, 2.75) is 64.0 Å². The van der Waals surface area contributed by atoms with Crippen molar-refractivity contribution in [2.24, 2.45) is 0 Å². The lowest BCUT2D eigenvalue weighted by Crippen LogP contribution is -2.48. The Balaban J connectivity index is 1.82. The summed E-state index contributed by atoms with van der Waals surface area (Å²) in [6, 6.07) is -0.605. The average molecular weight is 296 g/mol. The van der Waals surface area contributed by atoms with Crippen LogP contribution in [0.15, 0.2) is 4.52 Å². The Morgan fingerprint density at radius 3 is 2.71 bits per heavy atom. The number of aromatic nitrogens is 2. The van der Waals surface area contributed by atoms with Crippen LogP contribution in [-0.2, 0) is 0 Å². The molecule has 7 nitrogen and oxygen atoms in total. The predicted octanol–water partition coefficient (Wildman–Crippen LogP) is 1.82. The second-order valence-electron chi connectivity index (χ2n) is 5.74. The molecule has 0 radical (unpaired) electrons. The van der Waals surface area contributed by atoms with Crippen molar-refractivity contribution in [2.75, 3.05) is 6.54 Å². The number of nitrogens with zero attached hydrogens (tertiary/aromatic N) is 2. The van der Waals surface area contributed by atoms with E-state index in [1.165, 1.54) is 0 Å². The number of hydrogen-bond donors (Lipinski definition) is 3. The lowest BCUT2D eigenvalue weighted by Gasteiger charge is -2.32. The Hall–Kier alpha value is -1.63. The molecule has 0 saturated heterocycles. The molecule has 0 aromatic carbocycles.